The molecule has 2 aromatic carbocycles. The summed E-state index contributed by atoms with van der Waals surface area (Å²) in [4.78, 5) is 19.4. The number of methoxy groups -OCH3 is 1. The molecule has 1 atom stereocenters. The highest BCUT2D eigenvalue weighted by Crippen LogP contribution is 2.33. The smallest absolute Gasteiger partial charge is 0.256 e. The third-order valence-electron chi connectivity index (χ3n) is 5.66. The molecule has 2 aliphatic heterocycles. The van der Waals surface area contributed by atoms with Gasteiger partial charge in [-0.05, 0) is 43.3 Å². The van der Waals surface area contributed by atoms with Crippen LogP contribution in [-0.4, -0.2) is 62.1 Å². The SMILES string of the molecule is COC1c2ccccc2C(=O)N1CCCN1CCN(c2ccc(Cl)cc2)CC1. The lowest BCUT2D eigenvalue weighted by atomic mass is 10.1. The molecule has 0 aliphatic carbocycles. The van der Waals surface area contributed by atoms with E-state index in [-0.39, 0.29) is 12.1 Å². The molecule has 0 radical (unpaired) electrons. The average Bonchev–Trinajstić information content (AvgIpc) is 3.01. The summed E-state index contributed by atoms with van der Waals surface area (Å²) in [6, 6.07) is 15.8. The van der Waals surface area contributed by atoms with E-state index >= 15 is 0 Å². The van der Waals surface area contributed by atoms with Gasteiger partial charge in [0, 0.05) is 61.7 Å². The molecule has 0 bridgehead atoms. The molecule has 1 amide bonds. The van der Waals surface area contributed by atoms with E-state index in [4.69, 9.17) is 16.3 Å². The van der Waals surface area contributed by atoms with E-state index < -0.39 is 0 Å². The number of hydrogen-bond donors (Lipinski definition) is 0. The van der Waals surface area contributed by atoms with Gasteiger partial charge in [0.1, 0.15) is 0 Å². The van der Waals surface area contributed by atoms with Crippen LogP contribution >= 0.6 is 11.6 Å². The number of halogens is 1. The minimum absolute atomic E-state index is 0.0787. The van der Waals surface area contributed by atoms with Crippen LogP contribution in [0, 0.1) is 0 Å². The van der Waals surface area contributed by atoms with Gasteiger partial charge in [-0.3, -0.25) is 9.69 Å². The molecule has 6 heteroatoms. The Hall–Kier alpha value is -2.08. The number of rotatable bonds is 6. The van der Waals surface area contributed by atoms with Crippen molar-refractivity contribution in [2.75, 3.05) is 51.3 Å². The van der Waals surface area contributed by atoms with Gasteiger partial charge in [-0.1, -0.05) is 29.8 Å². The summed E-state index contributed by atoms with van der Waals surface area (Å²) >= 11 is 5.98. The molecule has 2 heterocycles. The zero-order valence-corrected chi connectivity index (χ0v) is 16.9. The Kier molecular flexibility index (Phi) is 5.85. The van der Waals surface area contributed by atoms with Crippen molar-refractivity contribution in [3.63, 3.8) is 0 Å². The predicted octanol–water partition coefficient (Wildman–Crippen LogP) is 3.65. The normalized spacial score (nSPS) is 19.9. The van der Waals surface area contributed by atoms with Gasteiger partial charge in [-0.25, -0.2) is 0 Å². The number of amides is 1. The molecule has 2 aromatic rings. The van der Waals surface area contributed by atoms with Crippen molar-refractivity contribution in [2.45, 2.75) is 12.6 Å². The van der Waals surface area contributed by atoms with Crippen molar-refractivity contribution >= 4 is 23.2 Å². The summed E-state index contributed by atoms with van der Waals surface area (Å²) in [7, 11) is 1.67. The van der Waals surface area contributed by atoms with Crippen LogP contribution in [0.1, 0.15) is 28.6 Å². The highest BCUT2D eigenvalue weighted by molar-refractivity contribution is 6.30. The molecule has 0 saturated carbocycles. The van der Waals surface area contributed by atoms with Crippen LogP contribution in [0.5, 0.6) is 0 Å². The van der Waals surface area contributed by atoms with Crippen molar-refractivity contribution in [3.8, 4) is 0 Å². The number of fused-ring (bicyclic) bond motifs is 1. The number of benzene rings is 2. The van der Waals surface area contributed by atoms with Gasteiger partial charge in [-0.2, -0.15) is 0 Å². The van der Waals surface area contributed by atoms with Crippen LogP contribution in [0.15, 0.2) is 48.5 Å². The van der Waals surface area contributed by atoms with Crippen LogP contribution in [0.3, 0.4) is 0 Å². The quantitative estimate of drug-likeness (QED) is 0.742. The summed E-state index contributed by atoms with van der Waals surface area (Å²) in [5.41, 5.74) is 2.98. The van der Waals surface area contributed by atoms with E-state index in [1.165, 1.54) is 5.69 Å². The fraction of sp³-hybridized carbons (Fsp3) is 0.409. The van der Waals surface area contributed by atoms with E-state index in [1.807, 2.05) is 41.3 Å². The molecular weight excluding hydrogens is 374 g/mol. The van der Waals surface area contributed by atoms with Crippen molar-refractivity contribution in [2.24, 2.45) is 0 Å². The first-order chi connectivity index (χ1) is 13.7. The van der Waals surface area contributed by atoms with E-state index in [1.54, 1.807) is 7.11 Å². The van der Waals surface area contributed by atoms with Gasteiger partial charge in [-0.15, -0.1) is 0 Å². The van der Waals surface area contributed by atoms with Gasteiger partial charge in [0.15, 0.2) is 6.23 Å². The van der Waals surface area contributed by atoms with Crippen molar-refractivity contribution in [3.05, 3.63) is 64.7 Å². The van der Waals surface area contributed by atoms with Gasteiger partial charge < -0.3 is 14.5 Å². The lowest BCUT2D eigenvalue weighted by Crippen LogP contribution is -2.47. The minimum Gasteiger partial charge on any atom is -0.369 e. The van der Waals surface area contributed by atoms with E-state index in [9.17, 15) is 4.79 Å². The number of carbonyl (C=O) groups excluding carboxylic acids is 1. The third kappa shape index (κ3) is 3.88. The Morgan fingerprint density at radius 2 is 1.71 bits per heavy atom. The monoisotopic (exact) mass is 399 g/mol. The standard InChI is InChI=1S/C22H26ClN3O2/c1-28-22-20-6-3-2-5-19(20)21(27)26(22)12-4-11-24-13-15-25(16-14-24)18-9-7-17(23)8-10-18/h2-3,5-10,22H,4,11-16H2,1H3. The van der Waals surface area contributed by atoms with Gasteiger partial charge in [0.25, 0.3) is 5.91 Å². The summed E-state index contributed by atoms with van der Waals surface area (Å²) in [6.07, 6.45) is 0.686. The second-order valence-electron chi connectivity index (χ2n) is 7.33. The Balaban J connectivity index is 1.26. The lowest BCUT2D eigenvalue weighted by Gasteiger charge is -2.36. The first-order valence-electron chi connectivity index (χ1n) is 9.83. The van der Waals surface area contributed by atoms with Crippen LogP contribution in [-0.2, 0) is 4.74 Å². The molecule has 0 aromatic heterocycles. The Labute approximate surface area is 171 Å². The maximum Gasteiger partial charge on any atom is 0.256 e. The van der Waals surface area contributed by atoms with Crippen molar-refractivity contribution in [1.82, 2.24) is 9.80 Å². The minimum atomic E-state index is -0.259. The topological polar surface area (TPSA) is 36.0 Å². The Morgan fingerprint density at radius 3 is 2.43 bits per heavy atom. The number of ether oxygens (including phenoxy) is 1. The molecule has 28 heavy (non-hydrogen) atoms. The maximum atomic E-state index is 12.7. The van der Waals surface area contributed by atoms with Gasteiger partial charge in [0.2, 0.25) is 0 Å². The molecule has 0 spiro atoms. The lowest BCUT2D eigenvalue weighted by molar-refractivity contribution is -0.0137. The number of anilines is 1. The second-order valence-corrected chi connectivity index (χ2v) is 7.77. The Morgan fingerprint density at radius 1 is 1.00 bits per heavy atom. The van der Waals surface area contributed by atoms with Crippen molar-refractivity contribution < 1.29 is 9.53 Å². The number of piperazine rings is 1. The van der Waals surface area contributed by atoms with E-state index in [0.717, 1.165) is 55.3 Å². The first kappa shape index (κ1) is 19.2. The first-order valence-corrected chi connectivity index (χ1v) is 10.2. The van der Waals surface area contributed by atoms with Crippen LogP contribution in [0.2, 0.25) is 5.02 Å². The molecular formula is C22H26ClN3O2. The predicted molar refractivity (Wildman–Crippen MR) is 112 cm³/mol. The molecule has 1 unspecified atom stereocenters. The molecule has 148 valence electrons. The van der Waals surface area contributed by atoms with Crippen molar-refractivity contribution in [1.29, 1.82) is 0 Å². The summed E-state index contributed by atoms with van der Waals surface area (Å²) in [5.74, 6) is 0.0787. The van der Waals surface area contributed by atoms with E-state index in [2.05, 4.69) is 21.9 Å². The fourth-order valence-corrected chi connectivity index (χ4v) is 4.28. The van der Waals surface area contributed by atoms with Gasteiger partial charge in [0.05, 0.1) is 0 Å². The summed E-state index contributed by atoms with van der Waals surface area (Å²) < 4.78 is 5.61. The maximum absolute atomic E-state index is 12.7. The summed E-state index contributed by atoms with van der Waals surface area (Å²) in [6.45, 7) is 5.79. The molecule has 1 saturated heterocycles. The molecule has 5 nitrogen and oxygen atoms in total. The zero-order valence-electron chi connectivity index (χ0n) is 16.2. The highest BCUT2D eigenvalue weighted by atomic mass is 35.5. The van der Waals surface area contributed by atoms with Crippen LogP contribution in [0.25, 0.3) is 0 Å². The third-order valence-corrected chi connectivity index (χ3v) is 5.91. The highest BCUT2D eigenvalue weighted by Gasteiger charge is 2.36. The molecule has 0 N–H and O–H groups in total. The zero-order chi connectivity index (χ0) is 19.5. The van der Waals surface area contributed by atoms with Crippen LogP contribution in [0.4, 0.5) is 5.69 Å². The molecule has 2 aliphatic rings. The Bertz CT molecular complexity index is 819. The summed E-state index contributed by atoms with van der Waals surface area (Å²) in [5, 5.41) is 0.773. The number of nitrogens with zero attached hydrogens (tertiary/aromatic N) is 3. The molecule has 1 fully saturated rings. The largest absolute Gasteiger partial charge is 0.369 e. The molecule has 4 rings (SSSR count). The van der Waals surface area contributed by atoms with Crippen LogP contribution < -0.4 is 4.90 Å². The number of carbonyl (C=O) groups is 1. The fourth-order valence-electron chi connectivity index (χ4n) is 4.16. The average molecular weight is 400 g/mol. The van der Waals surface area contributed by atoms with Gasteiger partial charge >= 0.3 is 0 Å². The number of hydrogen-bond acceptors (Lipinski definition) is 4. The second kappa shape index (κ2) is 8.52. The van der Waals surface area contributed by atoms with E-state index in [0.29, 0.717) is 6.54 Å².